The van der Waals surface area contributed by atoms with E-state index in [4.69, 9.17) is 0 Å². The van der Waals surface area contributed by atoms with Crippen molar-refractivity contribution in [2.45, 2.75) is 6.54 Å². The normalized spacial score (nSPS) is 15.2. The number of hydrogen-bond acceptors (Lipinski definition) is 1. The summed E-state index contributed by atoms with van der Waals surface area (Å²) in [6, 6.07) is 6.05. The Morgan fingerprint density at radius 2 is 1.89 bits per heavy atom. The smallest absolute Gasteiger partial charge is 0.448 e. The number of para-hydroxylation sites is 1. The summed E-state index contributed by atoms with van der Waals surface area (Å²) >= 11 is 0. The second-order valence-electron chi connectivity index (χ2n) is 4.09. The summed E-state index contributed by atoms with van der Waals surface area (Å²) in [4.78, 5) is 13.8. The molecule has 1 aliphatic rings. The molecule has 0 aromatic heterocycles. The standard InChI is InChI=1S/C10H11BF3N2O.K/c1-15-6-8-4-2-3-5-9(8)16(10(15)17)7-11(12,13)14;/h2-5H,6-7H2,1H3;/q-1;+1. The summed E-state index contributed by atoms with van der Waals surface area (Å²) < 4.78 is 37.5. The summed E-state index contributed by atoms with van der Waals surface area (Å²) in [5, 5.41) is 0. The molecule has 0 spiro atoms. The van der Waals surface area contributed by atoms with Crippen LogP contribution in [0.2, 0.25) is 0 Å². The molecule has 2 rings (SSSR count). The first kappa shape index (κ1) is 16.0. The third-order valence-electron chi connectivity index (χ3n) is 2.64. The maximum absolute atomic E-state index is 12.5. The fourth-order valence-corrected chi connectivity index (χ4v) is 1.92. The van der Waals surface area contributed by atoms with Crippen LogP contribution in [0, 0.1) is 0 Å². The van der Waals surface area contributed by atoms with Crippen molar-refractivity contribution in [2.75, 3.05) is 18.4 Å². The van der Waals surface area contributed by atoms with Gasteiger partial charge in [-0.3, -0.25) is 0 Å². The Labute approximate surface area is 146 Å². The maximum Gasteiger partial charge on any atom is 1.00 e. The van der Waals surface area contributed by atoms with Gasteiger partial charge >= 0.3 is 64.4 Å². The van der Waals surface area contributed by atoms with Crippen molar-refractivity contribution in [1.82, 2.24) is 4.90 Å². The zero-order chi connectivity index (χ0) is 12.6. The molecular weight excluding hydrogens is 271 g/mol. The largest absolute Gasteiger partial charge is 1.00 e. The molecule has 2 amide bonds. The zero-order valence-electron chi connectivity index (χ0n) is 10.2. The van der Waals surface area contributed by atoms with E-state index < -0.39 is 19.5 Å². The van der Waals surface area contributed by atoms with Crippen LogP contribution in [-0.4, -0.2) is 31.4 Å². The van der Waals surface area contributed by atoms with Gasteiger partial charge < -0.3 is 22.7 Å². The molecule has 1 aromatic carbocycles. The fraction of sp³-hybridized carbons (Fsp3) is 0.300. The van der Waals surface area contributed by atoms with Crippen LogP contribution < -0.4 is 56.3 Å². The van der Waals surface area contributed by atoms with Crippen LogP contribution in [0.1, 0.15) is 5.56 Å². The Hall–Kier alpha value is -0.0187. The Kier molecular flexibility index (Phi) is 5.31. The number of halogens is 3. The molecule has 0 saturated carbocycles. The van der Waals surface area contributed by atoms with Gasteiger partial charge in [-0.2, -0.15) is 0 Å². The van der Waals surface area contributed by atoms with Crippen LogP contribution in [0.3, 0.4) is 0 Å². The van der Waals surface area contributed by atoms with Gasteiger partial charge in [-0.05, 0) is 18.1 Å². The average Bonchev–Trinajstić information content (AvgIpc) is 2.23. The number of carbonyl (C=O) groups is 1. The topological polar surface area (TPSA) is 23.6 Å². The van der Waals surface area contributed by atoms with Gasteiger partial charge in [0, 0.05) is 19.3 Å². The van der Waals surface area contributed by atoms with Crippen LogP contribution in [0.4, 0.5) is 23.4 Å². The van der Waals surface area contributed by atoms with Gasteiger partial charge in [0.25, 0.3) is 0 Å². The van der Waals surface area contributed by atoms with Crippen molar-refractivity contribution in [3.05, 3.63) is 29.8 Å². The summed E-state index contributed by atoms with van der Waals surface area (Å²) in [5.74, 6) is 0. The van der Waals surface area contributed by atoms with Crippen molar-refractivity contribution >= 4 is 18.7 Å². The van der Waals surface area contributed by atoms with Crippen LogP contribution in [-0.2, 0) is 6.54 Å². The van der Waals surface area contributed by atoms with Gasteiger partial charge in [-0.1, -0.05) is 18.2 Å². The number of hydrogen-bond donors (Lipinski definition) is 0. The van der Waals surface area contributed by atoms with Crippen LogP contribution in [0.15, 0.2) is 24.3 Å². The Balaban J connectivity index is 0.00000162. The van der Waals surface area contributed by atoms with Crippen molar-refractivity contribution in [1.29, 1.82) is 0 Å². The average molecular weight is 282 g/mol. The van der Waals surface area contributed by atoms with Gasteiger partial charge in [0.05, 0.1) is 0 Å². The first-order chi connectivity index (χ1) is 7.88. The fourth-order valence-electron chi connectivity index (χ4n) is 1.92. The molecule has 0 radical (unpaired) electrons. The third-order valence-corrected chi connectivity index (χ3v) is 2.64. The van der Waals surface area contributed by atoms with E-state index in [9.17, 15) is 17.7 Å². The van der Waals surface area contributed by atoms with E-state index in [-0.39, 0.29) is 51.4 Å². The van der Waals surface area contributed by atoms with Crippen molar-refractivity contribution in [2.24, 2.45) is 0 Å². The number of rotatable bonds is 2. The van der Waals surface area contributed by atoms with E-state index in [0.717, 1.165) is 10.5 Å². The van der Waals surface area contributed by atoms with E-state index in [0.29, 0.717) is 12.2 Å². The quantitative estimate of drug-likeness (QED) is 0.668. The number of anilines is 1. The monoisotopic (exact) mass is 282 g/mol. The van der Waals surface area contributed by atoms with E-state index >= 15 is 0 Å². The van der Waals surface area contributed by atoms with E-state index in [1.54, 1.807) is 24.3 Å². The minimum absolute atomic E-state index is 0. The molecule has 0 aliphatic carbocycles. The molecule has 8 heteroatoms. The molecule has 3 nitrogen and oxygen atoms in total. The van der Waals surface area contributed by atoms with Gasteiger partial charge in [0.2, 0.25) is 0 Å². The van der Waals surface area contributed by atoms with Gasteiger partial charge in [0.1, 0.15) is 0 Å². The second kappa shape index (κ2) is 5.96. The van der Waals surface area contributed by atoms with Gasteiger partial charge in [-0.25, -0.2) is 4.79 Å². The maximum atomic E-state index is 12.5. The van der Waals surface area contributed by atoms with E-state index in [1.807, 2.05) is 0 Å². The van der Waals surface area contributed by atoms with Crippen LogP contribution >= 0.6 is 0 Å². The molecule has 0 bridgehead atoms. The molecule has 18 heavy (non-hydrogen) atoms. The van der Waals surface area contributed by atoms with E-state index in [1.165, 1.54) is 11.9 Å². The first-order valence-corrected chi connectivity index (χ1v) is 5.20. The molecule has 1 aliphatic heterocycles. The van der Waals surface area contributed by atoms with Crippen molar-refractivity contribution in [3.63, 3.8) is 0 Å². The molecule has 0 atom stereocenters. The molecule has 1 heterocycles. The molecule has 1 aromatic rings. The number of carbonyl (C=O) groups excluding carboxylic acids is 1. The summed E-state index contributed by atoms with van der Waals surface area (Å²) in [7, 11) is 1.49. The van der Waals surface area contributed by atoms with Crippen molar-refractivity contribution in [3.8, 4) is 0 Å². The number of urea groups is 1. The predicted octanol–water partition coefficient (Wildman–Crippen LogP) is -0.551. The van der Waals surface area contributed by atoms with E-state index in [2.05, 4.69) is 0 Å². The van der Waals surface area contributed by atoms with Crippen LogP contribution in [0.25, 0.3) is 0 Å². The van der Waals surface area contributed by atoms with Crippen LogP contribution in [0.5, 0.6) is 0 Å². The number of fused-ring (bicyclic) bond motifs is 1. The summed E-state index contributed by atoms with van der Waals surface area (Å²) in [6.07, 6.45) is -1.19. The number of benzene rings is 1. The Morgan fingerprint density at radius 3 is 2.50 bits per heavy atom. The second-order valence-corrected chi connectivity index (χ2v) is 4.09. The minimum atomic E-state index is -5.03. The predicted molar refractivity (Wildman–Crippen MR) is 59.7 cm³/mol. The first-order valence-electron chi connectivity index (χ1n) is 5.20. The zero-order valence-corrected chi connectivity index (χ0v) is 13.4. The molecule has 92 valence electrons. The Morgan fingerprint density at radius 1 is 1.28 bits per heavy atom. The third kappa shape index (κ3) is 3.51. The summed E-state index contributed by atoms with van der Waals surface area (Å²) in [5.41, 5.74) is 1.09. The Bertz CT molecular complexity index is 455. The van der Waals surface area contributed by atoms with Gasteiger partial charge in [0.15, 0.2) is 0 Å². The number of nitrogens with zero attached hydrogens (tertiary/aromatic N) is 2. The molecule has 0 fully saturated rings. The van der Waals surface area contributed by atoms with Gasteiger partial charge in [-0.15, -0.1) is 0 Å². The molecule has 0 saturated heterocycles. The minimum Gasteiger partial charge on any atom is -0.448 e. The molecule has 0 unspecified atom stereocenters. The number of amides is 2. The van der Waals surface area contributed by atoms with Crippen molar-refractivity contribution < 1.29 is 69.1 Å². The summed E-state index contributed by atoms with van der Waals surface area (Å²) in [6.45, 7) is -4.69. The molecular formula is C10H11BF3KN2O. The molecule has 0 N–H and O–H groups in total. The SMILES string of the molecule is CN1Cc2ccccc2N(C[B-](F)(F)F)C1=O.[K+].